The quantitative estimate of drug-likeness (QED) is 0.432. The molecule has 3 aliphatic rings. The molecule has 2 amide bonds. The number of likely N-dealkylation sites (tertiary alicyclic amines) is 1. The van der Waals surface area contributed by atoms with E-state index in [1.54, 1.807) is 11.0 Å². The number of rotatable bonds is 10. The van der Waals surface area contributed by atoms with Crippen molar-refractivity contribution >= 4 is 33.4 Å². The van der Waals surface area contributed by atoms with Crippen molar-refractivity contribution in [3.05, 3.63) is 22.9 Å². The summed E-state index contributed by atoms with van der Waals surface area (Å²) < 4.78 is 27.5. The molecule has 3 fully saturated rings. The molecule has 39 heavy (non-hydrogen) atoms. The lowest BCUT2D eigenvalue weighted by molar-refractivity contribution is -0.128. The van der Waals surface area contributed by atoms with Crippen molar-refractivity contribution in [3.8, 4) is 6.07 Å². The molecule has 0 aromatic carbocycles. The standard InChI is InChI=1S/C28H39N5O5S/c1-2-7-25(34)23-16-22(17-29)27(30-24(23)18-33-13-6-10-26(33)35)32-14-11-21(12-15-32)28(36)31-39(37,38)19-20-8-4-3-5-9-20/h16,20-21H,2-15,18-19H2,1H3,(H,31,36). The van der Waals surface area contributed by atoms with E-state index >= 15 is 0 Å². The number of sulfonamides is 1. The fraction of sp³-hybridized carbons (Fsp3) is 0.679. The average Bonchev–Trinajstić information content (AvgIpc) is 3.32. The molecule has 3 heterocycles. The van der Waals surface area contributed by atoms with Gasteiger partial charge in [-0.15, -0.1) is 0 Å². The maximum absolute atomic E-state index is 12.9. The molecule has 0 bridgehead atoms. The number of ketones is 1. The zero-order valence-electron chi connectivity index (χ0n) is 22.8. The summed E-state index contributed by atoms with van der Waals surface area (Å²) in [6.07, 6.45) is 8.08. The molecular weight excluding hydrogens is 518 g/mol. The Kier molecular flexibility index (Phi) is 9.59. The number of amides is 2. The number of nitrogens with zero attached hydrogens (tertiary/aromatic N) is 4. The molecule has 1 aromatic rings. The van der Waals surface area contributed by atoms with Crippen molar-refractivity contribution in [3.63, 3.8) is 0 Å². The van der Waals surface area contributed by atoms with E-state index in [1.807, 2.05) is 11.8 Å². The van der Waals surface area contributed by atoms with Gasteiger partial charge in [0, 0.05) is 44.0 Å². The third-order valence-corrected chi connectivity index (χ3v) is 9.51. The minimum Gasteiger partial charge on any atom is -0.355 e. The molecule has 4 rings (SSSR count). The van der Waals surface area contributed by atoms with Gasteiger partial charge in [0.05, 0.1) is 23.6 Å². The second-order valence-electron chi connectivity index (χ2n) is 11.1. The van der Waals surface area contributed by atoms with Crippen molar-refractivity contribution < 1.29 is 22.8 Å². The molecule has 1 aromatic heterocycles. The number of carbonyl (C=O) groups excluding carboxylic acids is 3. The Morgan fingerprint density at radius 2 is 1.82 bits per heavy atom. The topological polar surface area (TPSA) is 141 Å². The molecule has 10 nitrogen and oxygen atoms in total. The molecule has 0 spiro atoms. The number of hydrogen-bond donors (Lipinski definition) is 1. The SMILES string of the molecule is CCCC(=O)c1cc(C#N)c(N2CCC(C(=O)NS(=O)(=O)CC3CCCCC3)CC2)nc1CN1CCCC1=O. The minimum atomic E-state index is -3.68. The highest BCUT2D eigenvalue weighted by Gasteiger charge is 2.32. The van der Waals surface area contributed by atoms with E-state index in [-0.39, 0.29) is 35.5 Å². The van der Waals surface area contributed by atoms with Gasteiger partial charge in [-0.25, -0.2) is 13.4 Å². The monoisotopic (exact) mass is 557 g/mol. The summed E-state index contributed by atoms with van der Waals surface area (Å²) in [5.74, 6) is -0.429. The van der Waals surface area contributed by atoms with Gasteiger partial charge in [0.15, 0.2) is 5.78 Å². The molecule has 0 atom stereocenters. The predicted octanol–water partition coefficient (Wildman–Crippen LogP) is 3.30. The van der Waals surface area contributed by atoms with Crippen LogP contribution in [0.2, 0.25) is 0 Å². The van der Waals surface area contributed by atoms with Crippen LogP contribution in [0.25, 0.3) is 0 Å². The number of aromatic nitrogens is 1. The van der Waals surface area contributed by atoms with Crippen LogP contribution in [0.15, 0.2) is 6.07 Å². The first-order valence-electron chi connectivity index (χ1n) is 14.2. The Morgan fingerprint density at radius 1 is 1.10 bits per heavy atom. The van der Waals surface area contributed by atoms with Gasteiger partial charge in [0.25, 0.3) is 0 Å². The van der Waals surface area contributed by atoms with Gasteiger partial charge in [-0.1, -0.05) is 26.2 Å². The lowest BCUT2D eigenvalue weighted by Gasteiger charge is -2.33. The highest BCUT2D eigenvalue weighted by molar-refractivity contribution is 7.90. The van der Waals surface area contributed by atoms with Crippen molar-refractivity contribution in [2.24, 2.45) is 11.8 Å². The summed E-state index contributed by atoms with van der Waals surface area (Å²) in [7, 11) is -3.68. The van der Waals surface area contributed by atoms with Gasteiger partial charge in [-0.3, -0.25) is 19.1 Å². The van der Waals surface area contributed by atoms with E-state index in [9.17, 15) is 28.1 Å². The molecule has 1 saturated carbocycles. The average molecular weight is 558 g/mol. The van der Waals surface area contributed by atoms with E-state index < -0.39 is 21.8 Å². The lowest BCUT2D eigenvalue weighted by Crippen LogP contribution is -2.44. The fourth-order valence-corrected chi connectivity index (χ4v) is 7.45. The predicted molar refractivity (Wildman–Crippen MR) is 146 cm³/mol. The Hall–Kier alpha value is -3.00. The molecule has 2 saturated heterocycles. The van der Waals surface area contributed by atoms with E-state index in [0.29, 0.717) is 68.8 Å². The second kappa shape index (κ2) is 12.9. The summed E-state index contributed by atoms with van der Waals surface area (Å²) >= 11 is 0. The summed E-state index contributed by atoms with van der Waals surface area (Å²) in [6.45, 7) is 3.59. The Morgan fingerprint density at radius 3 is 2.44 bits per heavy atom. The van der Waals surface area contributed by atoms with Crippen LogP contribution in [0.5, 0.6) is 0 Å². The number of anilines is 1. The molecule has 1 aliphatic carbocycles. The van der Waals surface area contributed by atoms with Gasteiger partial charge < -0.3 is 9.80 Å². The van der Waals surface area contributed by atoms with Crippen molar-refractivity contribution in [2.45, 2.75) is 84.1 Å². The van der Waals surface area contributed by atoms with Gasteiger partial charge in [-0.2, -0.15) is 5.26 Å². The van der Waals surface area contributed by atoms with E-state index in [1.165, 1.54) is 0 Å². The van der Waals surface area contributed by atoms with Crippen LogP contribution < -0.4 is 9.62 Å². The van der Waals surface area contributed by atoms with E-state index in [0.717, 1.165) is 38.5 Å². The van der Waals surface area contributed by atoms with Crippen LogP contribution in [0.1, 0.15) is 99.2 Å². The molecule has 212 valence electrons. The molecule has 11 heteroatoms. The van der Waals surface area contributed by atoms with E-state index in [2.05, 4.69) is 10.8 Å². The molecular formula is C28H39N5O5S. The van der Waals surface area contributed by atoms with Gasteiger partial charge >= 0.3 is 0 Å². The largest absolute Gasteiger partial charge is 0.355 e. The normalized spacial score (nSPS) is 19.2. The maximum Gasteiger partial charge on any atom is 0.236 e. The summed E-state index contributed by atoms with van der Waals surface area (Å²) in [5.41, 5.74) is 1.16. The third kappa shape index (κ3) is 7.35. The van der Waals surface area contributed by atoms with Gasteiger partial charge in [0.2, 0.25) is 21.8 Å². The van der Waals surface area contributed by atoms with Gasteiger partial charge in [-0.05, 0) is 50.5 Å². The highest BCUT2D eigenvalue weighted by atomic mass is 32.2. The van der Waals surface area contributed by atoms with Crippen LogP contribution in [0.3, 0.4) is 0 Å². The first kappa shape index (κ1) is 29.0. The maximum atomic E-state index is 12.9. The first-order valence-corrected chi connectivity index (χ1v) is 15.9. The van der Waals surface area contributed by atoms with Crippen LogP contribution in [0, 0.1) is 23.2 Å². The lowest BCUT2D eigenvalue weighted by atomic mass is 9.91. The minimum absolute atomic E-state index is 0.00156. The first-order chi connectivity index (χ1) is 18.7. The van der Waals surface area contributed by atoms with Crippen molar-refractivity contribution in [1.29, 1.82) is 5.26 Å². The second-order valence-corrected chi connectivity index (χ2v) is 12.8. The summed E-state index contributed by atoms with van der Waals surface area (Å²) in [5, 5.41) is 9.88. The number of pyridine rings is 1. The zero-order valence-corrected chi connectivity index (χ0v) is 23.6. The number of nitrogens with one attached hydrogen (secondary N) is 1. The smallest absolute Gasteiger partial charge is 0.236 e. The molecule has 2 aliphatic heterocycles. The van der Waals surface area contributed by atoms with Crippen LogP contribution in [-0.2, 0) is 26.2 Å². The number of piperidine rings is 1. The van der Waals surface area contributed by atoms with E-state index in [4.69, 9.17) is 4.98 Å². The Bertz CT molecular complexity index is 1230. The number of hydrogen-bond acceptors (Lipinski definition) is 8. The fourth-order valence-electron chi connectivity index (χ4n) is 5.94. The van der Waals surface area contributed by atoms with Crippen molar-refractivity contribution in [1.82, 2.24) is 14.6 Å². The number of nitriles is 1. The highest BCUT2D eigenvalue weighted by Crippen LogP contribution is 2.29. The van der Waals surface area contributed by atoms with Crippen molar-refractivity contribution in [2.75, 3.05) is 30.3 Å². The Labute approximate surface area is 231 Å². The summed E-state index contributed by atoms with van der Waals surface area (Å²) in [4.78, 5) is 46.4. The molecule has 0 unspecified atom stereocenters. The van der Waals surface area contributed by atoms with Gasteiger partial charge in [0.1, 0.15) is 11.9 Å². The Balaban J connectivity index is 1.45. The number of carbonyl (C=O) groups is 3. The zero-order chi connectivity index (χ0) is 28.0. The van der Waals surface area contributed by atoms with Crippen LogP contribution in [-0.4, -0.2) is 61.3 Å². The van der Waals surface area contributed by atoms with Crippen LogP contribution in [0.4, 0.5) is 5.82 Å². The molecule has 0 radical (unpaired) electrons. The molecule has 1 N–H and O–H groups in total. The number of Topliss-reactive ketones (excluding diaryl/α,β-unsaturated/α-hetero) is 1. The third-order valence-electron chi connectivity index (χ3n) is 8.09. The summed E-state index contributed by atoms with van der Waals surface area (Å²) in [6, 6.07) is 3.76. The van der Waals surface area contributed by atoms with Crippen LogP contribution >= 0.6 is 0 Å².